The third-order valence-corrected chi connectivity index (χ3v) is 3.11. The van der Waals surface area contributed by atoms with E-state index in [1.54, 1.807) is 0 Å². The zero-order valence-electron chi connectivity index (χ0n) is 9.28. The smallest absolute Gasteiger partial charge is 0.124 e. The van der Waals surface area contributed by atoms with Crippen LogP contribution in [0.4, 0.5) is 0 Å². The van der Waals surface area contributed by atoms with Gasteiger partial charge in [-0.1, -0.05) is 24.6 Å². The number of para-hydroxylation sites is 1. The van der Waals surface area contributed by atoms with E-state index in [9.17, 15) is 0 Å². The summed E-state index contributed by atoms with van der Waals surface area (Å²) in [4.78, 5) is 0. The quantitative estimate of drug-likeness (QED) is 0.820. The lowest BCUT2D eigenvalue weighted by molar-refractivity contribution is 0.179. The fourth-order valence-electron chi connectivity index (χ4n) is 1.86. The Morgan fingerprint density at radius 3 is 2.73 bits per heavy atom. The van der Waals surface area contributed by atoms with Crippen molar-refractivity contribution in [2.24, 2.45) is 11.7 Å². The molecule has 0 aromatic heterocycles. The molecule has 2 rings (SSSR count). The van der Waals surface area contributed by atoms with Gasteiger partial charge in [-0.2, -0.15) is 0 Å². The van der Waals surface area contributed by atoms with Gasteiger partial charge in [0.05, 0.1) is 6.61 Å². The first kappa shape index (κ1) is 10.5. The molecule has 2 heteroatoms. The molecule has 1 fully saturated rings. The summed E-state index contributed by atoms with van der Waals surface area (Å²) in [6, 6.07) is 8.11. The summed E-state index contributed by atoms with van der Waals surface area (Å²) in [7, 11) is 0. The standard InChI is InChI=1S/C13H19NO/c1-10(14)12-7-2-3-8-13(12)15-9-11-5-4-6-11/h2-3,7-8,10-11H,4-6,9,14H2,1H3/t10-/m1/s1. The van der Waals surface area contributed by atoms with Crippen molar-refractivity contribution in [2.75, 3.05) is 6.61 Å². The topological polar surface area (TPSA) is 35.2 Å². The number of nitrogens with two attached hydrogens (primary N) is 1. The first-order valence-electron chi connectivity index (χ1n) is 5.74. The van der Waals surface area contributed by atoms with E-state index in [0.717, 1.165) is 23.8 Å². The van der Waals surface area contributed by atoms with Crippen LogP contribution in [-0.2, 0) is 0 Å². The third kappa shape index (κ3) is 2.51. The number of hydrogen-bond acceptors (Lipinski definition) is 2. The predicted octanol–water partition coefficient (Wildman–Crippen LogP) is 2.89. The Balaban J connectivity index is 1.99. The Bertz CT molecular complexity index is 318. The molecule has 0 spiro atoms. The van der Waals surface area contributed by atoms with Crippen LogP contribution in [0, 0.1) is 5.92 Å². The fraction of sp³-hybridized carbons (Fsp3) is 0.538. The average Bonchev–Trinajstić information content (AvgIpc) is 2.16. The van der Waals surface area contributed by atoms with Gasteiger partial charge in [-0.15, -0.1) is 0 Å². The molecule has 1 aromatic carbocycles. The third-order valence-electron chi connectivity index (χ3n) is 3.11. The largest absolute Gasteiger partial charge is 0.493 e. The van der Waals surface area contributed by atoms with Crippen molar-refractivity contribution in [3.63, 3.8) is 0 Å². The summed E-state index contributed by atoms with van der Waals surface area (Å²) in [6.07, 6.45) is 4.00. The molecule has 0 saturated heterocycles. The second kappa shape index (κ2) is 4.67. The van der Waals surface area contributed by atoms with Crippen LogP contribution < -0.4 is 10.5 Å². The maximum atomic E-state index is 5.89. The van der Waals surface area contributed by atoms with Crippen molar-refractivity contribution in [1.82, 2.24) is 0 Å². The SMILES string of the molecule is C[C@@H](N)c1ccccc1OCC1CCC1. The highest BCUT2D eigenvalue weighted by Gasteiger charge is 2.18. The van der Waals surface area contributed by atoms with Crippen molar-refractivity contribution in [3.8, 4) is 5.75 Å². The lowest BCUT2D eigenvalue weighted by Crippen LogP contribution is -2.20. The van der Waals surface area contributed by atoms with Gasteiger partial charge in [-0.3, -0.25) is 0 Å². The van der Waals surface area contributed by atoms with Gasteiger partial charge in [0, 0.05) is 11.6 Å². The molecular formula is C13H19NO. The van der Waals surface area contributed by atoms with Crippen LogP contribution in [0.25, 0.3) is 0 Å². The molecule has 0 unspecified atom stereocenters. The highest BCUT2D eigenvalue weighted by atomic mass is 16.5. The summed E-state index contributed by atoms with van der Waals surface area (Å²) < 4.78 is 5.82. The second-order valence-corrected chi connectivity index (χ2v) is 4.43. The van der Waals surface area contributed by atoms with Crippen molar-refractivity contribution in [2.45, 2.75) is 32.2 Å². The number of hydrogen-bond donors (Lipinski definition) is 1. The van der Waals surface area contributed by atoms with Gasteiger partial charge in [-0.05, 0) is 31.7 Å². The van der Waals surface area contributed by atoms with Crippen LogP contribution in [-0.4, -0.2) is 6.61 Å². The van der Waals surface area contributed by atoms with E-state index in [-0.39, 0.29) is 6.04 Å². The minimum absolute atomic E-state index is 0.0441. The van der Waals surface area contributed by atoms with Crippen molar-refractivity contribution in [1.29, 1.82) is 0 Å². The highest BCUT2D eigenvalue weighted by molar-refractivity contribution is 5.35. The summed E-state index contributed by atoms with van der Waals surface area (Å²) in [5.74, 6) is 1.73. The zero-order valence-corrected chi connectivity index (χ0v) is 9.28. The van der Waals surface area contributed by atoms with E-state index in [1.807, 2.05) is 31.2 Å². The maximum Gasteiger partial charge on any atom is 0.124 e. The van der Waals surface area contributed by atoms with Gasteiger partial charge in [0.15, 0.2) is 0 Å². The van der Waals surface area contributed by atoms with Gasteiger partial charge in [0.25, 0.3) is 0 Å². The molecule has 1 saturated carbocycles. The van der Waals surface area contributed by atoms with E-state index in [1.165, 1.54) is 19.3 Å². The van der Waals surface area contributed by atoms with E-state index in [0.29, 0.717) is 0 Å². The molecule has 15 heavy (non-hydrogen) atoms. The highest BCUT2D eigenvalue weighted by Crippen LogP contribution is 2.29. The summed E-state index contributed by atoms with van der Waals surface area (Å²) >= 11 is 0. The number of benzene rings is 1. The maximum absolute atomic E-state index is 5.89. The molecule has 2 N–H and O–H groups in total. The van der Waals surface area contributed by atoms with Gasteiger partial charge in [0.1, 0.15) is 5.75 Å². The zero-order chi connectivity index (χ0) is 10.7. The van der Waals surface area contributed by atoms with Crippen LogP contribution in [0.2, 0.25) is 0 Å². The van der Waals surface area contributed by atoms with Gasteiger partial charge in [-0.25, -0.2) is 0 Å². The molecule has 1 aliphatic carbocycles. The molecule has 82 valence electrons. The molecule has 1 aromatic rings. The average molecular weight is 205 g/mol. The normalized spacial score (nSPS) is 18.3. The van der Waals surface area contributed by atoms with E-state index < -0.39 is 0 Å². The van der Waals surface area contributed by atoms with Gasteiger partial charge < -0.3 is 10.5 Å². The molecule has 1 atom stereocenters. The van der Waals surface area contributed by atoms with Crippen molar-refractivity contribution >= 4 is 0 Å². The van der Waals surface area contributed by atoms with Gasteiger partial charge >= 0.3 is 0 Å². The first-order valence-corrected chi connectivity index (χ1v) is 5.74. The van der Waals surface area contributed by atoms with Crippen molar-refractivity contribution in [3.05, 3.63) is 29.8 Å². The monoisotopic (exact) mass is 205 g/mol. The van der Waals surface area contributed by atoms with E-state index in [2.05, 4.69) is 0 Å². The second-order valence-electron chi connectivity index (χ2n) is 4.43. The summed E-state index contributed by atoms with van der Waals surface area (Å²) in [5, 5.41) is 0. The van der Waals surface area contributed by atoms with Crippen molar-refractivity contribution < 1.29 is 4.74 Å². The predicted molar refractivity (Wildman–Crippen MR) is 61.9 cm³/mol. The van der Waals surface area contributed by atoms with Crippen LogP contribution in [0.3, 0.4) is 0 Å². The molecular weight excluding hydrogens is 186 g/mol. The molecule has 0 heterocycles. The Labute approximate surface area is 91.4 Å². The fourth-order valence-corrected chi connectivity index (χ4v) is 1.86. The molecule has 0 aliphatic heterocycles. The molecule has 0 amide bonds. The Morgan fingerprint density at radius 1 is 1.40 bits per heavy atom. The Kier molecular flexibility index (Phi) is 3.27. The van der Waals surface area contributed by atoms with Crippen LogP contribution in [0.15, 0.2) is 24.3 Å². The van der Waals surface area contributed by atoms with Gasteiger partial charge in [0.2, 0.25) is 0 Å². The molecule has 0 bridgehead atoms. The van der Waals surface area contributed by atoms with Crippen LogP contribution in [0.1, 0.15) is 37.8 Å². The molecule has 1 aliphatic rings. The Morgan fingerprint density at radius 2 is 2.13 bits per heavy atom. The lowest BCUT2D eigenvalue weighted by Gasteiger charge is -2.26. The number of rotatable bonds is 4. The summed E-state index contributed by atoms with van der Waals surface area (Å²) in [6.45, 7) is 2.84. The lowest BCUT2D eigenvalue weighted by atomic mass is 9.86. The minimum Gasteiger partial charge on any atom is -0.493 e. The first-order chi connectivity index (χ1) is 7.27. The van der Waals surface area contributed by atoms with E-state index in [4.69, 9.17) is 10.5 Å². The number of ether oxygens (including phenoxy) is 1. The summed E-state index contributed by atoms with van der Waals surface area (Å²) in [5.41, 5.74) is 7.00. The van der Waals surface area contributed by atoms with Crippen LogP contribution in [0.5, 0.6) is 5.75 Å². The molecule has 2 nitrogen and oxygen atoms in total. The minimum atomic E-state index is 0.0441. The Hall–Kier alpha value is -1.02. The van der Waals surface area contributed by atoms with E-state index >= 15 is 0 Å². The molecule has 0 radical (unpaired) electrons. The van der Waals surface area contributed by atoms with Crippen LogP contribution >= 0.6 is 0 Å².